The molecule has 0 spiro atoms. The summed E-state index contributed by atoms with van der Waals surface area (Å²) in [7, 11) is 1.56. The van der Waals surface area contributed by atoms with Gasteiger partial charge in [-0.3, -0.25) is 9.78 Å². The van der Waals surface area contributed by atoms with Crippen molar-refractivity contribution in [3.05, 3.63) is 30.5 Å². The summed E-state index contributed by atoms with van der Waals surface area (Å²) in [5.41, 5.74) is 1.28. The molecule has 5 heteroatoms. The molecule has 88 valence electrons. The molecule has 0 radical (unpaired) electrons. The van der Waals surface area contributed by atoms with E-state index in [9.17, 15) is 4.79 Å². The minimum absolute atomic E-state index is 0.458. The van der Waals surface area contributed by atoms with Crippen molar-refractivity contribution in [2.75, 3.05) is 19.0 Å². The Morgan fingerprint density at radius 1 is 1.47 bits per heavy atom. The predicted molar refractivity (Wildman–Crippen MR) is 64.0 cm³/mol. The summed E-state index contributed by atoms with van der Waals surface area (Å²) in [4.78, 5) is 15.4. The van der Waals surface area contributed by atoms with Gasteiger partial charge >= 0.3 is 0 Å². The number of carbonyl (C=O) groups is 1. The monoisotopic (exact) mass is 232 g/mol. The highest BCUT2D eigenvalue weighted by Crippen LogP contribution is 2.29. The number of hydrogen-bond donors (Lipinski definition) is 2. The van der Waals surface area contributed by atoms with Crippen LogP contribution in [0.25, 0.3) is 10.9 Å². The minimum atomic E-state index is -0.548. The molecule has 1 aromatic heterocycles. The first-order valence-corrected chi connectivity index (χ1v) is 5.08. The number of methoxy groups -OCH3 is 1. The number of carbonyl (C=O) groups excluding carboxylic acids is 1. The van der Waals surface area contributed by atoms with Crippen LogP contribution in [-0.4, -0.2) is 29.7 Å². The Hall–Kier alpha value is -2.14. The topological polar surface area (TPSA) is 71.5 Å². The number of hydrogen-bond acceptors (Lipinski definition) is 4. The zero-order valence-electron chi connectivity index (χ0n) is 9.30. The van der Waals surface area contributed by atoms with Gasteiger partial charge < -0.3 is 15.2 Å². The molecule has 2 rings (SSSR count). The van der Waals surface area contributed by atoms with E-state index in [1.54, 1.807) is 31.5 Å². The zero-order chi connectivity index (χ0) is 12.3. The van der Waals surface area contributed by atoms with Crippen molar-refractivity contribution in [2.24, 2.45) is 0 Å². The molecule has 1 amide bonds. The van der Waals surface area contributed by atoms with E-state index in [1.807, 2.05) is 6.07 Å². The Labute approximate surface area is 98.0 Å². The maximum Gasteiger partial charge on any atom is 0.250 e. The lowest BCUT2D eigenvalue weighted by Gasteiger charge is -2.09. The van der Waals surface area contributed by atoms with Crippen LogP contribution in [0, 0.1) is 0 Å². The first-order chi connectivity index (χ1) is 8.26. The predicted octanol–water partition coefficient (Wildman–Crippen LogP) is 1.17. The number of benzene rings is 1. The Morgan fingerprint density at radius 3 is 3.00 bits per heavy atom. The number of ether oxygens (including phenoxy) is 1. The number of aliphatic hydroxyl groups excluding tert-OH is 1. The number of aromatic nitrogens is 1. The second-order valence-corrected chi connectivity index (χ2v) is 3.42. The van der Waals surface area contributed by atoms with E-state index in [-0.39, 0.29) is 0 Å². The van der Waals surface area contributed by atoms with Crippen LogP contribution in [0.2, 0.25) is 0 Å². The van der Waals surface area contributed by atoms with Gasteiger partial charge in [-0.15, -0.1) is 0 Å². The second-order valence-electron chi connectivity index (χ2n) is 3.42. The fourth-order valence-corrected chi connectivity index (χ4v) is 1.61. The molecule has 0 fully saturated rings. The van der Waals surface area contributed by atoms with Crippen LogP contribution in [0.5, 0.6) is 5.75 Å². The molecule has 0 bridgehead atoms. The third-order valence-corrected chi connectivity index (χ3v) is 2.37. The lowest BCUT2D eigenvalue weighted by Crippen LogP contribution is -2.15. The van der Waals surface area contributed by atoms with Gasteiger partial charge in [0.1, 0.15) is 17.9 Å². The lowest BCUT2D eigenvalue weighted by molar-refractivity contribution is -0.118. The normalized spacial score (nSPS) is 10.2. The number of nitrogens with zero attached hydrogens (tertiary/aromatic N) is 1. The summed E-state index contributed by atoms with van der Waals surface area (Å²) in [5.74, 6) is 0.183. The van der Waals surface area contributed by atoms with Gasteiger partial charge in [-0.2, -0.15) is 0 Å². The standard InChI is InChI=1S/C12H12N2O3/c1-17-10-5-4-9(14-11(16)7-15)8-3-2-6-13-12(8)10/h2-6,15H,7H2,1H3,(H,14,16). The van der Waals surface area contributed by atoms with E-state index in [2.05, 4.69) is 10.3 Å². The van der Waals surface area contributed by atoms with E-state index < -0.39 is 12.5 Å². The van der Waals surface area contributed by atoms with Crippen LogP contribution in [0.4, 0.5) is 5.69 Å². The van der Waals surface area contributed by atoms with Gasteiger partial charge in [-0.05, 0) is 24.3 Å². The number of pyridine rings is 1. The molecule has 1 aromatic carbocycles. The molecule has 0 aliphatic rings. The van der Waals surface area contributed by atoms with Crippen molar-refractivity contribution >= 4 is 22.5 Å². The van der Waals surface area contributed by atoms with Gasteiger partial charge in [0.25, 0.3) is 0 Å². The number of nitrogens with one attached hydrogen (secondary N) is 1. The summed E-state index contributed by atoms with van der Waals surface area (Å²) >= 11 is 0. The van der Waals surface area contributed by atoms with Gasteiger partial charge in [0.15, 0.2) is 0 Å². The lowest BCUT2D eigenvalue weighted by atomic mass is 10.1. The maximum absolute atomic E-state index is 11.2. The van der Waals surface area contributed by atoms with Gasteiger partial charge in [-0.25, -0.2) is 0 Å². The molecule has 0 aliphatic carbocycles. The first kappa shape index (κ1) is 11.3. The number of aliphatic hydroxyl groups is 1. The third kappa shape index (κ3) is 2.19. The van der Waals surface area contributed by atoms with Crippen molar-refractivity contribution < 1.29 is 14.6 Å². The molecule has 0 unspecified atom stereocenters. The number of amides is 1. The molecule has 1 heterocycles. The maximum atomic E-state index is 11.2. The minimum Gasteiger partial charge on any atom is -0.494 e. The molecule has 5 nitrogen and oxygen atoms in total. The van der Waals surface area contributed by atoms with Crippen LogP contribution < -0.4 is 10.1 Å². The van der Waals surface area contributed by atoms with E-state index in [1.165, 1.54) is 0 Å². The molecule has 0 saturated heterocycles. The van der Waals surface area contributed by atoms with Crippen LogP contribution in [0.1, 0.15) is 0 Å². The fraction of sp³-hybridized carbons (Fsp3) is 0.167. The van der Waals surface area contributed by atoms with Crippen LogP contribution >= 0.6 is 0 Å². The summed E-state index contributed by atoms with van der Waals surface area (Å²) < 4.78 is 5.19. The van der Waals surface area contributed by atoms with Gasteiger partial charge in [-0.1, -0.05) is 0 Å². The highest BCUT2D eigenvalue weighted by atomic mass is 16.5. The average molecular weight is 232 g/mol. The Balaban J connectivity index is 2.54. The quantitative estimate of drug-likeness (QED) is 0.833. The molecule has 2 aromatic rings. The number of fused-ring (bicyclic) bond motifs is 1. The highest BCUT2D eigenvalue weighted by Gasteiger charge is 2.08. The summed E-state index contributed by atoms with van der Waals surface area (Å²) in [6, 6.07) is 7.05. The second kappa shape index (κ2) is 4.80. The summed E-state index contributed by atoms with van der Waals surface area (Å²) in [6.45, 7) is -0.548. The highest BCUT2D eigenvalue weighted by molar-refractivity contribution is 6.03. The van der Waals surface area contributed by atoms with Crippen molar-refractivity contribution in [2.45, 2.75) is 0 Å². The van der Waals surface area contributed by atoms with Gasteiger partial charge in [0.05, 0.1) is 12.8 Å². The molecule has 2 N–H and O–H groups in total. The van der Waals surface area contributed by atoms with Gasteiger partial charge in [0, 0.05) is 11.6 Å². The SMILES string of the molecule is COc1ccc(NC(=O)CO)c2cccnc12. The number of anilines is 1. The average Bonchev–Trinajstić information content (AvgIpc) is 2.39. The van der Waals surface area contributed by atoms with E-state index in [4.69, 9.17) is 9.84 Å². The van der Waals surface area contributed by atoms with Crippen molar-refractivity contribution in [1.29, 1.82) is 0 Å². The smallest absolute Gasteiger partial charge is 0.250 e. The van der Waals surface area contributed by atoms with Gasteiger partial charge in [0.2, 0.25) is 5.91 Å². The van der Waals surface area contributed by atoms with Crippen LogP contribution in [0.15, 0.2) is 30.5 Å². The van der Waals surface area contributed by atoms with E-state index >= 15 is 0 Å². The molecule has 17 heavy (non-hydrogen) atoms. The number of rotatable bonds is 3. The van der Waals surface area contributed by atoms with E-state index in [0.717, 1.165) is 5.39 Å². The van der Waals surface area contributed by atoms with Crippen molar-refractivity contribution in [1.82, 2.24) is 4.98 Å². The van der Waals surface area contributed by atoms with Crippen LogP contribution in [0.3, 0.4) is 0 Å². The summed E-state index contributed by atoms with van der Waals surface area (Å²) in [6.07, 6.45) is 1.66. The molecule has 0 saturated carbocycles. The van der Waals surface area contributed by atoms with E-state index in [0.29, 0.717) is 17.0 Å². The first-order valence-electron chi connectivity index (χ1n) is 5.08. The Morgan fingerprint density at radius 2 is 2.29 bits per heavy atom. The molecule has 0 atom stereocenters. The van der Waals surface area contributed by atoms with Crippen molar-refractivity contribution in [3.63, 3.8) is 0 Å². The fourth-order valence-electron chi connectivity index (χ4n) is 1.61. The molecule has 0 aliphatic heterocycles. The molecular weight excluding hydrogens is 220 g/mol. The largest absolute Gasteiger partial charge is 0.494 e. The third-order valence-electron chi connectivity index (χ3n) is 2.37. The Kier molecular flexibility index (Phi) is 3.20. The summed E-state index contributed by atoms with van der Waals surface area (Å²) in [5, 5.41) is 12.1. The zero-order valence-corrected chi connectivity index (χ0v) is 9.30. The Bertz CT molecular complexity index is 554. The van der Waals surface area contributed by atoms with Crippen LogP contribution in [-0.2, 0) is 4.79 Å². The molecular formula is C12H12N2O3. The van der Waals surface area contributed by atoms with Crippen molar-refractivity contribution in [3.8, 4) is 5.75 Å².